The van der Waals surface area contributed by atoms with Crippen LogP contribution in [0.15, 0.2) is 12.1 Å². The van der Waals surface area contributed by atoms with Crippen LogP contribution < -0.4 is 0 Å². The Balaban J connectivity index is 3.32. The summed E-state index contributed by atoms with van der Waals surface area (Å²) in [5, 5.41) is 8.85. The van der Waals surface area contributed by atoms with Crippen LogP contribution in [0.2, 0.25) is 5.02 Å². The van der Waals surface area contributed by atoms with Crippen molar-refractivity contribution < 1.29 is 14.3 Å². The highest BCUT2D eigenvalue weighted by Crippen LogP contribution is 2.23. The van der Waals surface area contributed by atoms with Gasteiger partial charge < -0.3 is 4.74 Å². The highest BCUT2D eigenvalue weighted by molar-refractivity contribution is 6.34. The average molecular weight is 238 g/mol. The van der Waals surface area contributed by atoms with Crippen molar-refractivity contribution in [1.82, 2.24) is 0 Å². The SMILES string of the molecule is CCOC(=O)c1ccc(C=O)c(Cl)c1C#N. The molecule has 0 saturated carbocycles. The van der Waals surface area contributed by atoms with Crippen LogP contribution in [0.5, 0.6) is 0 Å². The lowest BCUT2D eigenvalue weighted by Crippen LogP contribution is -2.08. The zero-order chi connectivity index (χ0) is 12.1. The van der Waals surface area contributed by atoms with Crippen LogP contribution in [0.1, 0.15) is 33.2 Å². The number of halogens is 1. The summed E-state index contributed by atoms with van der Waals surface area (Å²) < 4.78 is 4.76. The molecule has 0 radical (unpaired) electrons. The second-order valence-corrected chi connectivity index (χ2v) is 3.22. The molecule has 4 nitrogen and oxygen atoms in total. The van der Waals surface area contributed by atoms with E-state index in [1.54, 1.807) is 13.0 Å². The van der Waals surface area contributed by atoms with Crippen molar-refractivity contribution in [2.45, 2.75) is 6.92 Å². The van der Waals surface area contributed by atoms with Crippen molar-refractivity contribution in [3.05, 3.63) is 33.8 Å². The average Bonchev–Trinajstić information content (AvgIpc) is 2.28. The van der Waals surface area contributed by atoms with Gasteiger partial charge in [-0.1, -0.05) is 11.6 Å². The fraction of sp³-hybridized carbons (Fsp3) is 0.182. The molecule has 82 valence electrons. The van der Waals surface area contributed by atoms with E-state index in [2.05, 4.69) is 0 Å². The molecule has 0 unspecified atom stereocenters. The zero-order valence-corrected chi connectivity index (χ0v) is 9.25. The molecule has 0 aliphatic heterocycles. The first-order valence-electron chi connectivity index (χ1n) is 4.50. The van der Waals surface area contributed by atoms with Crippen LogP contribution in [0.25, 0.3) is 0 Å². The van der Waals surface area contributed by atoms with Crippen LogP contribution in [0, 0.1) is 11.3 Å². The lowest BCUT2D eigenvalue weighted by molar-refractivity contribution is 0.0526. The summed E-state index contributed by atoms with van der Waals surface area (Å²) >= 11 is 5.80. The third kappa shape index (κ3) is 2.20. The van der Waals surface area contributed by atoms with E-state index in [0.29, 0.717) is 6.29 Å². The van der Waals surface area contributed by atoms with Gasteiger partial charge >= 0.3 is 5.97 Å². The summed E-state index contributed by atoms with van der Waals surface area (Å²) in [5.74, 6) is -0.626. The number of benzene rings is 1. The molecule has 5 heteroatoms. The maximum absolute atomic E-state index is 11.5. The van der Waals surface area contributed by atoms with E-state index in [0.717, 1.165) is 0 Å². The lowest BCUT2D eigenvalue weighted by atomic mass is 10.1. The number of ether oxygens (including phenoxy) is 1. The molecule has 0 aromatic heterocycles. The molecule has 0 heterocycles. The number of rotatable bonds is 3. The molecule has 0 aliphatic carbocycles. The smallest absolute Gasteiger partial charge is 0.339 e. The van der Waals surface area contributed by atoms with Crippen LogP contribution in [-0.4, -0.2) is 18.9 Å². The predicted molar refractivity (Wildman–Crippen MR) is 57.5 cm³/mol. The summed E-state index contributed by atoms with van der Waals surface area (Å²) in [6.45, 7) is 1.86. The molecule has 0 aliphatic rings. The first kappa shape index (κ1) is 12.2. The van der Waals surface area contributed by atoms with E-state index in [1.807, 2.05) is 0 Å². The summed E-state index contributed by atoms with van der Waals surface area (Å²) in [5.41, 5.74) is 0.205. The van der Waals surface area contributed by atoms with Crippen LogP contribution >= 0.6 is 11.6 Å². The Morgan fingerprint density at radius 1 is 1.62 bits per heavy atom. The summed E-state index contributed by atoms with van der Waals surface area (Å²) in [4.78, 5) is 22.0. The lowest BCUT2D eigenvalue weighted by Gasteiger charge is -2.06. The molecule has 0 spiro atoms. The molecule has 0 fully saturated rings. The van der Waals surface area contributed by atoms with Crippen molar-refractivity contribution >= 4 is 23.9 Å². The normalized spacial score (nSPS) is 9.31. The molecular weight excluding hydrogens is 230 g/mol. The zero-order valence-electron chi connectivity index (χ0n) is 8.49. The molecule has 0 amide bonds. The van der Waals surface area contributed by atoms with Crippen molar-refractivity contribution in [1.29, 1.82) is 5.26 Å². The van der Waals surface area contributed by atoms with Gasteiger partial charge in [0.1, 0.15) is 6.07 Å². The first-order chi connectivity index (χ1) is 7.65. The number of hydrogen-bond acceptors (Lipinski definition) is 4. The van der Waals surface area contributed by atoms with Crippen molar-refractivity contribution in [3.63, 3.8) is 0 Å². The minimum absolute atomic E-state index is 0.0250. The Morgan fingerprint density at radius 2 is 2.31 bits per heavy atom. The maximum Gasteiger partial charge on any atom is 0.339 e. The minimum Gasteiger partial charge on any atom is -0.462 e. The van der Waals surface area contributed by atoms with Gasteiger partial charge in [0.15, 0.2) is 6.29 Å². The Kier molecular flexibility index (Phi) is 4.03. The van der Waals surface area contributed by atoms with Gasteiger partial charge in [0.25, 0.3) is 0 Å². The van der Waals surface area contributed by atoms with E-state index in [1.165, 1.54) is 12.1 Å². The fourth-order valence-corrected chi connectivity index (χ4v) is 1.42. The molecule has 1 rings (SSSR count). The van der Waals surface area contributed by atoms with Crippen molar-refractivity contribution in [2.24, 2.45) is 0 Å². The number of nitriles is 1. The van der Waals surface area contributed by atoms with Gasteiger partial charge in [-0.15, -0.1) is 0 Å². The van der Waals surface area contributed by atoms with Gasteiger partial charge in [0, 0.05) is 5.56 Å². The summed E-state index contributed by atoms with van der Waals surface area (Å²) in [6, 6.07) is 4.52. The Bertz CT molecular complexity index is 477. The van der Waals surface area contributed by atoms with Gasteiger partial charge in [-0.3, -0.25) is 4.79 Å². The largest absolute Gasteiger partial charge is 0.462 e. The summed E-state index contributed by atoms with van der Waals surface area (Å²) in [6.07, 6.45) is 0.526. The van der Waals surface area contributed by atoms with Gasteiger partial charge in [-0.25, -0.2) is 4.79 Å². The standard InChI is InChI=1S/C11H8ClNO3/c1-2-16-11(15)8-4-3-7(6-14)10(12)9(8)5-13/h3-4,6H,2H2,1H3. The van der Waals surface area contributed by atoms with Crippen molar-refractivity contribution in [3.8, 4) is 6.07 Å². The topological polar surface area (TPSA) is 67.2 Å². The third-order valence-electron chi connectivity index (χ3n) is 1.91. The van der Waals surface area contributed by atoms with E-state index >= 15 is 0 Å². The van der Waals surface area contributed by atoms with Crippen LogP contribution in [0.3, 0.4) is 0 Å². The van der Waals surface area contributed by atoms with Gasteiger partial charge in [-0.05, 0) is 19.1 Å². The van der Waals surface area contributed by atoms with E-state index in [9.17, 15) is 9.59 Å². The number of carbonyl (C=O) groups is 2. The Labute approximate surface area is 97.4 Å². The highest BCUT2D eigenvalue weighted by atomic mass is 35.5. The minimum atomic E-state index is -0.626. The molecule has 0 saturated heterocycles. The number of esters is 1. The fourth-order valence-electron chi connectivity index (χ4n) is 1.17. The van der Waals surface area contributed by atoms with E-state index in [-0.39, 0.29) is 28.3 Å². The molecule has 0 N–H and O–H groups in total. The van der Waals surface area contributed by atoms with Crippen LogP contribution in [-0.2, 0) is 4.74 Å². The molecule has 0 atom stereocenters. The molecular formula is C11H8ClNO3. The molecule has 1 aromatic carbocycles. The monoisotopic (exact) mass is 237 g/mol. The Hall–Kier alpha value is -1.86. The number of hydrogen-bond donors (Lipinski definition) is 0. The predicted octanol–water partition coefficient (Wildman–Crippen LogP) is 2.20. The van der Waals surface area contributed by atoms with Crippen LogP contribution in [0.4, 0.5) is 0 Å². The molecule has 1 aromatic rings. The number of aldehydes is 1. The van der Waals surface area contributed by atoms with Crippen molar-refractivity contribution in [2.75, 3.05) is 6.61 Å². The van der Waals surface area contributed by atoms with E-state index in [4.69, 9.17) is 21.6 Å². The maximum atomic E-state index is 11.5. The first-order valence-corrected chi connectivity index (χ1v) is 4.88. The second kappa shape index (κ2) is 5.29. The molecule has 16 heavy (non-hydrogen) atoms. The second-order valence-electron chi connectivity index (χ2n) is 2.84. The number of nitrogens with zero attached hydrogens (tertiary/aromatic N) is 1. The van der Waals surface area contributed by atoms with Gasteiger partial charge in [-0.2, -0.15) is 5.26 Å². The van der Waals surface area contributed by atoms with E-state index < -0.39 is 5.97 Å². The molecule has 0 bridgehead atoms. The highest BCUT2D eigenvalue weighted by Gasteiger charge is 2.17. The van der Waals surface area contributed by atoms with Gasteiger partial charge in [0.2, 0.25) is 0 Å². The number of carbonyl (C=O) groups excluding carboxylic acids is 2. The Morgan fingerprint density at radius 3 is 2.81 bits per heavy atom. The quantitative estimate of drug-likeness (QED) is 0.597. The third-order valence-corrected chi connectivity index (χ3v) is 2.31. The summed E-state index contributed by atoms with van der Waals surface area (Å²) in [7, 11) is 0. The van der Waals surface area contributed by atoms with Gasteiger partial charge in [0.05, 0.1) is 22.8 Å².